The second kappa shape index (κ2) is 5.85. The van der Waals surface area contributed by atoms with Gasteiger partial charge in [0.1, 0.15) is 5.69 Å². The molecule has 1 N–H and O–H groups in total. The number of carboxylic acids is 1. The maximum absolute atomic E-state index is 10.7. The van der Waals surface area contributed by atoms with Gasteiger partial charge in [0.2, 0.25) is 0 Å². The molecule has 2 rings (SSSR count). The number of anilines is 1. The Labute approximate surface area is 108 Å². The molecule has 0 amide bonds. The smallest absolute Gasteiger partial charge is 0.354 e. The molecule has 0 bridgehead atoms. The first-order valence-electron chi connectivity index (χ1n) is 6.65. The molecule has 1 saturated heterocycles. The normalized spacial score (nSPS) is 16.8. The van der Waals surface area contributed by atoms with Crippen molar-refractivity contribution in [3.8, 4) is 0 Å². The highest BCUT2D eigenvalue weighted by Crippen LogP contribution is 2.25. The molecule has 4 heteroatoms. The van der Waals surface area contributed by atoms with E-state index in [0.29, 0.717) is 0 Å². The van der Waals surface area contributed by atoms with Crippen molar-refractivity contribution in [1.82, 2.24) is 4.98 Å². The zero-order valence-electron chi connectivity index (χ0n) is 10.8. The first-order chi connectivity index (χ1) is 8.70. The number of hydrogen-bond acceptors (Lipinski definition) is 3. The van der Waals surface area contributed by atoms with Crippen molar-refractivity contribution in [2.45, 2.75) is 32.6 Å². The summed E-state index contributed by atoms with van der Waals surface area (Å²) in [5.41, 5.74) is 1.15. The van der Waals surface area contributed by atoms with Gasteiger partial charge in [-0.2, -0.15) is 0 Å². The fourth-order valence-corrected chi connectivity index (χ4v) is 2.59. The second-order valence-corrected chi connectivity index (χ2v) is 4.93. The number of hydrogen-bond donors (Lipinski definition) is 1. The van der Waals surface area contributed by atoms with Crippen molar-refractivity contribution < 1.29 is 9.90 Å². The van der Waals surface area contributed by atoms with Gasteiger partial charge in [0.05, 0.1) is 11.9 Å². The Hall–Kier alpha value is -1.58. The molecule has 4 nitrogen and oxygen atoms in total. The summed E-state index contributed by atoms with van der Waals surface area (Å²) in [4.78, 5) is 17.0. The van der Waals surface area contributed by atoms with Crippen molar-refractivity contribution >= 4 is 11.7 Å². The molecule has 1 fully saturated rings. The van der Waals surface area contributed by atoms with E-state index in [1.807, 2.05) is 6.07 Å². The van der Waals surface area contributed by atoms with Crippen molar-refractivity contribution in [2.24, 2.45) is 5.92 Å². The molecule has 98 valence electrons. The van der Waals surface area contributed by atoms with Crippen LogP contribution in [-0.2, 0) is 0 Å². The minimum Gasteiger partial charge on any atom is -0.477 e. The number of carbonyl (C=O) groups is 1. The molecular formula is C14H20N2O2. The lowest BCUT2D eigenvalue weighted by molar-refractivity contribution is 0.0690. The molecule has 1 aliphatic heterocycles. The number of aromatic nitrogens is 1. The molecule has 0 aromatic carbocycles. The van der Waals surface area contributed by atoms with E-state index in [9.17, 15) is 4.79 Å². The van der Waals surface area contributed by atoms with E-state index in [1.54, 1.807) is 12.3 Å². The molecule has 0 atom stereocenters. The Morgan fingerprint density at radius 1 is 1.44 bits per heavy atom. The Morgan fingerprint density at radius 2 is 2.17 bits per heavy atom. The molecule has 1 aromatic rings. The molecule has 0 spiro atoms. The third kappa shape index (κ3) is 3.00. The summed E-state index contributed by atoms with van der Waals surface area (Å²) in [7, 11) is 0. The molecule has 0 unspecified atom stereocenters. The third-order valence-corrected chi connectivity index (χ3v) is 3.64. The van der Waals surface area contributed by atoms with Gasteiger partial charge in [-0.1, -0.05) is 19.8 Å². The van der Waals surface area contributed by atoms with Gasteiger partial charge in [-0.05, 0) is 30.9 Å². The van der Waals surface area contributed by atoms with E-state index in [2.05, 4.69) is 16.8 Å². The van der Waals surface area contributed by atoms with Crippen LogP contribution in [-0.4, -0.2) is 29.1 Å². The van der Waals surface area contributed by atoms with Crippen LogP contribution in [0.15, 0.2) is 18.3 Å². The summed E-state index contributed by atoms with van der Waals surface area (Å²) < 4.78 is 0. The van der Waals surface area contributed by atoms with Gasteiger partial charge in [0, 0.05) is 13.1 Å². The van der Waals surface area contributed by atoms with E-state index in [-0.39, 0.29) is 5.69 Å². The summed E-state index contributed by atoms with van der Waals surface area (Å²) in [6, 6.07) is 3.44. The average molecular weight is 248 g/mol. The Bertz CT molecular complexity index is 395. The van der Waals surface area contributed by atoms with Crippen molar-refractivity contribution in [3.63, 3.8) is 0 Å². The second-order valence-electron chi connectivity index (χ2n) is 4.93. The van der Waals surface area contributed by atoms with Crippen LogP contribution in [0.2, 0.25) is 0 Å². The molecule has 1 aromatic heterocycles. The first-order valence-corrected chi connectivity index (χ1v) is 6.65. The highest BCUT2D eigenvalue weighted by Gasteiger charge is 2.19. The lowest BCUT2D eigenvalue weighted by Crippen LogP contribution is -2.33. The minimum absolute atomic E-state index is 0.111. The number of rotatable bonds is 4. The zero-order valence-corrected chi connectivity index (χ0v) is 10.8. The molecule has 0 saturated carbocycles. The number of nitrogens with zero attached hydrogens (tertiary/aromatic N) is 2. The van der Waals surface area contributed by atoms with Gasteiger partial charge in [0.25, 0.3) is 0 Å². The zero-order chi connectivity index (χ0) is 13.0. The maximum atomic E-state index is 10.7. The number of carboxylic acid groups (broad SMARTS) is 1. The van der Waals surface area contributed by atoms with Gasteiger partial charge >= 0.3 is 5.97 Å². The van der Waals surface area contributed by atoms with E-state index >= 15 is 0 Å². The molecule has 0 aliphatic carbocycles. The largest absolute Gasteiger partial charge is 0.477 e. The van der Waals surface area contributed by atoms with Crippen molar-refractivity contribution in [1.29, 1.82) is 0 Å². The SMILES string of the molecule is CCCC1CCN(c2ccc(C(=O)O)nc2)CC1. The highest BCUT2D eigenvalue weighted by atomic mass is 16.4. The topological polar surface area (TPSA) is 53.4 Å². The monoisotopic (exact) mass is 248 g/mol. The average Bonchev–Trinajstić information content (AvgIpc) is 2.40. The number of pyridine rings is 1. The Kier molecular flexibility index (Phi) is 4.18. The standard InChI is InChI=1S/C14H20N2O2/c1-2-3-11-6-8-16(9-7-11)12-4-5-13(14(17)18)15-10-12/h4-5,10-11H,2-3,6-9H2,1H3,(H,17,18). The van der Waals surface area contributed by atoms with E-state index in [0.717, 1.165) is 24.7 Å². The van der Waals surface area contributed by atoms with Gasteiger partial charge < -0.3 is 10.0 Å². The fourth-order valence-electron chi connectivity index (χ4n) is 2.59. The molecule has 18 heavy (non-hydrogen) atoms. The van der Waals surface area contributed by atoms with Crippen LogP contribution < -0.4 is 4.90 Å². The van der Waals surface area contributed by atoms with Gasteiger partial charge in [-0.3, -0.25) is 0 Å². The molecule has 0 radical (unpaired) electrons. The lowest BCUT2D eigenvalue weighted by Gasteiger charge is -2.33. The Balaban J connectivity index is 1.95. The van der Waals surface area contributed by atoms with Crippen LogP contribution in [0.1, 0.15) is 43.1 Å². The summed E-state index contributed by atoms with van der Waals surface area (Å²) in [6.45, 7) is 4.35. The summed E-state index contributed by atoms with van der Waals surface area (Å²) >= 11 is 0. The molecular weight excluding hydrogens is 228 g/mol. The van der Waals surface area contributed by atoms with Gasteiger partial charge in [-0.25, -0.2) is 9.78 Å². The highest BCUT2D eigenvalue weighted by molar-refractivity contribution is 5.85. The quantitative estimate of drug-likeness (QED) is 0.890. The lowest BCUT2D eigenvalue weighted by atomic mass is 9.92. The van der Waals surface area contributed by atoms with Crippen molar-refractivity contribution in [2.75, 3.05) is 18.0 Å². The third-order valence-electron chi connectivity index (χ3n) is 3.64. The van der Waals surface area contributed by atoms with Crippen LogP contribution in [0.4, 0.5) is 5.69 Å². The fraction of sp³-hybridized carbons (Fsp3) is 0.571. The Morgan fingerprint density at radius 3 is 2.67 bits per heavy atom. The summed E-state index contributed by atoms with van der Waals surface area (Å²) in [5, 5.41) is 8.80. The van der Waals surface area contributed by atoms with Crippen molar-refractivity contribution in [3.05, 3.63) is 24.0 Å². The van der Waals surface area contributed by atoms with Crippen LogP contribution in [0.3, 0.4) is 0 Å². The minimum atomic E-state index is -0.969. The molecule has 1 aliphatic rings. The van der Waals surface area contributed by atoms with E-state index < -0.39 is 5.97 Å². The van der Waals surface area contributed by atoms with Crippen LogP contribution in [0.25, 0.3) is 0 Å². The molecule has 2 heterocycles. The predicted octanol–water partition coefficient (Wildman–Crippen LogP) is 2.80. The van der Waals surface area contributed by atoms with Gasteiger partial charge in [0.15, 0.2) is 0 Å². The summed E-state index contributed by atoms with van der Waals surface area (Å²) in [5.74, 6) is -0.110. The first kappa shape index (κ1) is 12.9. The maximum Gasteiger partial charge on any atom is 0.354 e. The number of aromatic carboxylic acids is 1. The predicted molar refractivity (Wildman–Crippen MR) is 71.0 cm³/mol. The van der Waals surface area contributed by atoms with E-state index in [1.165, 1.54) is 25.7 Å². The summed E-state index contributed by atoms with van der Waals surface area (Å²) in [6.07, 6.45) is 6.72. The van der Waals surface area contributed by atoms with Crippen LogP contribution in [0, 0.1) is 5.92 Å². The van der Waals surface area contributed by atoms with E-state index in [4.69, 9.17) is 5.11 Å². The van der Waals surface area contributed by atoms with Gasteiger partial charge in [-0.15, -0.1) is 0 Å². The van der Waals surface area contributed by atoms with Crippen LogP contribution in [0.5, 0.6) is 0 Å². The number of piperidine rings is 1. The van der Waals surface area contributed by atoms with Crippen LogP contribution >= 0.6 is 0 Å².